The highest BCUT2D eigenvalue weighted by molar-refractivity contribution is 5.70. The molecule has 0 spiro atoms. The molecule has 1 aliphatic rings. The first-order valence-corrected chi connectivity index (χ1v) is 7.64. The third-order valence-corrected chi connectivity index (χ3v) is 3.98. The van der Waals surface area contributed by atoms with Crippen molar-refractivity contribution in [2.24, 2.45) is 0 Å². The van der Waals surface area contributed by atoms with E-state index in [4.69, 9.17) is 14.2 Å². The van der Waals surface area contributed by atoms with Gasteiger partial charge < -0.3 is 14.2 Å². The zero-order valence-corrected chi connectivity index (χ0v) is 14.0. The fourth-order valence-corrected chi connectivity index (χ4v) is 2.70. The summed E-state index contributed by atoms with van der Waals surface area (Å²) >= 11 is 0. The lowest BCUT2D eigenvalue weighted by Gasteiger charge is -2.14. The molecule has 1 aromatic carbocycles. The zero-order valence-electron chi connectivity index (χ0n) is 14.0. The number of nitrogens with zero attached hydrogens (tertiary/aromatic N) is 3. The Balaban J connectivity index is 1.68. The molecule has 1 atom stereocenters. The van der Waals surface area contributed by atoms with Gasteiger partial charge in [-0.2, -0.15) is 5.10 Å². The van der Waals surface area contributed by atoms with Crippen LogP contribution in [0.5, 0.6) is 11.5 Å². The van der Waals surface area contributed by atoms with Crippen LogP contribution in [-0.4, -0.2) is 27.5 Å². The van der Waals surface area contributed by atoms with Crippen LogP contribution in [0.2, 0.25) is 0 Å². The minimum atomic E-state index is -0.536. The van der Waals surface area contributed by atoms with Gasteiger partial charge >= 0.3 is 11.7 Å². The largest absolute Gasteiger partial charge is 0.456 e. The van der Waals surface area contributed by atoms with Crippen molar-refractivity contribution in [2.45, 2.75) is 33.4 Å². The monoisotopic (exact) mass is 347 g/mol. The molecule has 2 aromatic rings. The van der Waals surface area contributed by atoms with Crippen molar-refractivity contribution in [2.75, 3.05) is 6.79 Å². The lowest BCUT2D eigenvalue weighted by atomic mass is 10.1. The predicted molar refractivity (Wildman–Crippen MR) is 85.4 cm³/mol. The van der Waals surface area contributed by atoms with Crippen LogP contribution in [0, 0.1) is 24.0 Å². The average molecular weight is 347 g/mol. The summed E-state index contributed by atoms with van der Waals surface area (Å²) in [5.74, 6) is 0.720. The second-order valence-corrected chi connectivity index (χ2v) is 5.68. The number of ether oxygens (including phenoxy) is 3. The van der Waals surface area contributed by atoms with Gasteiger partial charge in [-0.1, -0.05) is 6.07 Å². The molecule has 0 saturated carbocycles. The summed E-state index contributed by atoms with van der Waals surface area (Å²) < 4.78 is 17.2. The number of carbonyl (C=O) groups excluding carboxylic acids is 1. The van der Waals surface area contributed by atoms with E-state index in [-0.39, 0.29) is 24.7 Å². The average Bonchev–Trinajstić information content (AvgIpc) is 3.10. The summed E-state index contributed by atoms with van der Waals surface area (Å²) in [6.07, 6.45) is -0.506. The van der Waals surface area contributed by atoms with Crippen LogP contribution in [-0.2, 0) is 16.1 Å². The van der Waals surface area contributed by atoms with Gasteiger partial charge in [-0.25, -0.2) is 0 Å². The summed E-state index contributed by atoms with van der Waals surface area (Å²) in [5, 5.41) is 15.0. The Morgan fingerprint density at radius 2 is 2.12 bits per heavy atom. The molecule has 0 bridgehead atoms. The van der Waals surface area contributed by atoms with E-state index >= 15 is 0 Å². The van der Waals surface area contributed by atoms with Crippen molar-refractivity contribution >= 4 is 11.7 Å². The maximum Gasteiger partial charge on any atom is 0.328 e. The molecule has 0 aliphatic carbocycles. The van der Waals surface area contributed by atoms with Crippen LogP contribution in [0.15, 0.2) is 18.2 Å². The summed E-state index contributed by atoms with van der Waals surface area (Å²) in [4.78, 5) is 22.7. The second-order valence-electron chi connectivity index (χ2n) is 5.68. The Hall–Kier alpha value is -3.10. The highest BCUT2D eigenvalue weighted by Gasteiger charge is 2.24. The Labute approximate surface area is 143 Å². The molecule has 1 aliphatic heterocycles. The Morgan fingerprint density at radius 3 is 2.80 bits per heavy atom. The van der Waals surface area contributed by atoms with E-state index in [1.165, 1.54) is 11.6 Å². The van der Waals surface area contributed by atoms with E-state index in [0.717, 1.165) is 5.56 Å². The van der Waals surface area contributed by atoms with E-state index in [2.05, 4.69) is 5.10 Å². The molecular weight excluding hydrogens is 330 g/mol. The highest BCUT2D eigenvalue weighted by Crippen LogP contribution is 2.34. The topological polar surface area (TPSA) is 106 Å². The van der Waals surface area contributed by atoms with Gasteiger partial charge in [0, 0.05) is 0 Å². The molecule has 0 radical (unpaired) electrons. The summed E-state index contributed by atoms with van der Waals surface area (Å²) in [6.45, 7) is 4.78. The third kappa shape index (κ3) is 3.25. The van der Waals surface area contributed by atoms with E-state index < -0.39 is 17.0 Å². The number of aromatic nitrogens is 2. The van der Waals surface area contributed by atoms with E-state index in [0.29, 0.717) is 17.2 Å². The number of carbonyl (C=O) groups is 1. The van der Waals surface area contributed by atoms with Crippen LogP contribution in [0.1, 0.15) is 30.0 Å². The number of fused-ring (bicyclic) bond motifs is 1. The normalized spacial score (nSPS) is 13.6. The number of benzene rings is 1. The van der Waals surface area contributed by atoms with Crippen LogP contribution < -0.4 is 9.47 Å². The molecule has 2 heterocycles. The summed E-state index contributed by atoms with van der Waals surface area (Å²) in [6, 6.07) is 5.31. The Kier molecular flexibility index (Phi) is 4.30. The molecular formula is C16H17N3O6. The van der Waals surface area contributed by atoms with Crippen molar-refractivity contribution in [1.29, 1.82) is 0 Å². The van der Waals surface area contributed by atoms with Crippen LogP contribution in [0.25, 0.3) is 0 Å². The highest BCUT2D eigenvalue weighted by atomic mass is 16.7. The van der Waals surface area contributed by atoms with Gasteiger partial charge in [0.2, 0.25) is 6.79 Å². The number of rotatable bonds is 5. The van der Waals surface area contributed by atoms with E-state index in [9.17, 15) is 14.9 Å². The van der Waals surface area contributed by atoms with Crippen molar-refractivity contribution < 1.29 is 23.9 Å². The fraction of sp³-hybridized carbons (Fsp3) is 0.375. The number of nitro groups is 1. The quantitative estimate of drug-likeness (QED) is 0.464. The predicted octanol–water partition coefficient (Wildman–Crippen LogP) is 2.44. The lowest BCUT2D eigenvalue weighted by Crippen LogP contribution is -2.17. The Morgan fingerprint density at radius 1 is 1.40 bits per heavy atom. The fourth-order valence-electron chi connectivity index (χ4n) is 2.70. The molecule has 132 valence electrons. The summed E-state index contributed by atoms with van der Waals surface area (Å²) in [5.41, 5.74) is 1.25. The third-order valence-electron chi connectivity index (χ3n) is 3.98. The molecule has 3 rings (SSSR count). The van der Waals surface area contributed by atoms with Crippen LogP contribution in [0.3, 0.4) is 0 Å². The van der Waals surface area contributed by atoms with Crippen molar-refractivity contribution in [1.82, 2.24) is 9.78 Å². The smallest absolute Gasteiger partial charge is 0.328 e. The van der Waals surface area contributed by atoms with E-state index in [1.807, 2.05) is 0 Å². The van der Waals surface area contributed by atoms with Gasteiger partial charge in [0.05, 0.1) is 4.92 Å². The lowest BCUT2D eigenvalue weighted by molar-refractivity contribution is -0.386. The van der Waals surface area contributed by atoms with Gasteiger partial charge in [-0.05, 0) is 38.5 Å². The molecule has 0 amide bonds. The van der Waals surface area contributed by atoms with Crippen LogP contribution in [0.4, 0.5) is 5.69 Å². The van der Waals surface area contributed by atoms with Crippen molar-refractivity contribution in [3.8, 4) is 11.5 Å². The SMILES string of the molecule is Cc1nn(CC(=O)O[C@H](C)c2ccc3c(c2)OCO3)c(C)c1[N+](=O)[O-]. The minimum absolute atomic E-state index is 0.0865. The van der Waals surface area contributed by atoms with Crippen LogP contribution >= 0.6 is 0 Å². The van der Waals surface area contributed by atoms with Gasteiger partial charge in [0.25, 0.3) is 0 Å². The van der Waals surface area contributed by atoms with Crippen molar-refractivity contribution in [3.05, 3.63) is 45.3 Å². The maximum atomic E-state index is 12.2. The molecule has 0 saturated heterocycles. The minimum Gasteiger partial charge on any atom is -0.456 e. The molecule has 0 unspecified atom stereocenters. The first kappa shape index (κ1) is 16.7. The first-order chi connectivity index (χ1) is 11.9. The molecule has 0 N–H and O–H groups in total. The number of esters is 1. The molecule has 25 heavy (non-hydrogen) atoms. The van der Waals surface area contributed by atoms with Gasteiger partial charge in [0.1, 0.15) is 24.0 Å². The molecule has 1 aromatic heterocycles. The zero-order chi connectivity index (χ0) is 18.1. The molecule has 9 heteroatoms. The molecule has 9 nitrogen and oxygen atoms in total. The second kappa shape index (κ2) is 6.42. The first-order valence-electron chi connectivity index (χ1n) is 7.64. The van der Waals surface area contributed by atoms with Gasteiger partial charge in [0.15, 0.2) is 11.5 Å². The standard InChI is InChI=1S/C16H17N3O6/c1-9-16(19(21)22)10(2)18(17-9)7-15(20)25-11(3)12-4-5-13-14(6-12)24-8-23-13/h4-6,11H,7-8H2,1-3H3/t11-/m1/s1. The number of hydrogen-bond acceptors (Lipinski definition) is 7. The Bertz CT molecular complexity index is 845. The maximum absolute atomic E-state index is 12.2. The van der Waals surface area contributed by atoms with Crippen molar-refractivity contribution in [3.63, 3.8) is 0 Å². The van der Waals surface area contributed by atoms with Gasteiger partial charge in [-0.15, -0.1) is 0 Å². The number of hydrogen-bond donors (Lipinski definition) is 0. The molecule has 0 fully saturated rings. The van der Waals surface area contributed by atoms with E-state index in [1.54, 1.807) is 32.0 Å². The number of aryl methyl sites for hydroxylation is 1. The van der Waals surface area contributed by atoms with Gasteiger partial charge in [-0.3, -0.25) is 19.6 Å². The summed E-state index contributed by atoms with van der Waals surface area (Å²) in [7, 11) is 0.